The Kier molecular flexibility index (Phi) is 5.54. The lowest BCUT2D eigenvalue weighted by molar-refractivity contribution is -0.125. The Balaban J connectivity index is 2.36. The van der Waals surface area contributed by atoms with Crippen molar-refractivity contribution in [3.05, 3.63) is 18.0 Å². The third kappa shape index (κ3) is 5.87. The van der Waals surface area contributed by atoms with Gasteiger partial charge in [-0.1, -0.05) is 20.8 Å². The SMILES string of the molecule is Cc1cnn(CCNC(=O)C(CN)CC(C)(C)C)c1. The van der Waals surface area contributed by atoms with E-state index in [9.17, 15) is 4.79 Å². The number of rotatable bonds is 6. The van der Waals surface area contributed by atoms with Crippen molar-refractivity contribution in [3.63, 3.8) is 0 Å². The fourth-order valence-electron chi connectivity index (χ4n) is 2.05. The summed E-state index contributed by atoms with van der Waals surface area (Å²) in [6, 6.07) is 0. The second-order valence-electron chi connectivity index (χ2n) is 6.27. The molecule has 0 aliphatic carbocycles. The van der Waals surface area contributed by atoms with E-state index in [-0.39, 0.29) is 17.2 Å². The largest absolute Gasteiger partial charge is 0.354 e. The first kappa shape index (κ1) is 15.7. The number of amides is 1. The number of nitrogens with one attached hydrogen (secondary N) is 1. The first-order valence-electron chi connectivity index (χ1n) is 6.78. The molecular formula is C14H26N4O. The van der Waals surface area contributed by atoms with Crippen LogP contribution in [0.1, 0.15) is 32.8 Å². The van der Waals surface area contributed by atoms with Crippen LogP contribution in [0.25, 0.3) is 0 Å². The van der Waals surface area contributed by atoms with Gasteiger partial charge in [-0.15, -0.1) is 0 Å². The minimum atomic E-state index is -0.112. The number of carbonyl (C=O) groups excluding carboxylic acids is 1. The van der Waals surface area contributed by atoms with E-state index >= 15 is 0 Å². The van der Waals surface area contributed by atoms with Gasteiger partial charge in [-0.3, -0.25) is 9.48 Å². The van der Waals surface area contributed by atoms with E-state index in [0.717, 1.165) is 12.0 Å². The molecule has 0 fully saturated rings. The smallest absolute Gasteiger partial charge is 0.224 e. The number of nitrogens with zero attached hydrogens (tertiary/aromatic N) is 2. The first-order valence-corrected chi connectivity index (χ1v) is 6.78. The number of aryl methyl sites for hydroxylation is 1. The van der Waals surface area contributed by atoms with Crippen LogP contribution in [0.5, 0.6) is 0 Å². The van der Waals surface area contributed by atoms with Gasteiger partial charge in [0.1, 0.15) is 0 Å². The van der Waals surface area contributed by atoms with Gasteiger partial charge in [-0.05, 0) is 24.3 Å². The molecule has 0 aromatic carbocycles. The number of hydrogen-bond donors (Lipinski definition) is 2. The highest BCUT2D eigenvalue weighted by atomic mass is 16.1. The molecule has 0 aliphatic heterocycles. The third-order valence-electron chi connectivity index (χ3n) is 2.92. The molecule has 108 valence electrons. The van der Waals surface area contributed by atoms with Crippen molar-refractivity contribution in [2.45, 2.75) is 40.7 Å². The molecule has 0 aliphatic rings. The molecule has 0 saturated heterocycles. The van der Waals surface area contributed by atoms with Crippen LogP contribution in [0.3, 0.4) is 0 Å². The van der Waals surface area contributed by atoms with Crippen molar-refractivity contribution in [2.24, 2.45) is 17.1 Å². The normalized spacial score (nSPS) is 13.3. The van der Waals surface area contributed by atoms with E-state index in [0.29, 0.717) is 19.6 Å². The van der Waals surface area contributed by atoms with Crippen LogP contribution in [-0.2, 0) is 11.3 Å². The standard InChI is InChI=1S/C14H26N4O/c1-11-9-17-18(10-11)6-5-16-13(19)12(8-15)7-14(2,3)4/h9-10,12H,5-8,15H2,1-4H3,(H,16,19). The second kappa shape index (κ2) is 6.70. The van der Waals surface area contributed by atoms with Crippen molar-refractivity contribution in [1.82, 2.24) is 15.1 Å². The molecule has 5 heteroatoms. The predicted octanol–water partition coefficient (Wildman–Crippen LogP) is 1.32. The topological polar surface area (TPSA) is 72.9 Å². The highest BCUT2D eigenvalue weighted by Crippen LogP contribution is 2.23. The predicted molar refractivity (Wildman–Crippen MR) is 76.6 cm³/mol. The fraction of sp³-hybridized carbons (Fsp3) is 0.714. The quantitative estimate of drug-likeness (QED) is 0.815. The van der Waals surface area contributed by atoms with Gasteiger partial charge in [-0.2, -0.15) is 5.10 Å². The van der Waals surface area contributed by atoms with Crippen LogP contribution >= 0.6 is 0 Å². The average Bonchev–Trinajstić information content (AvgIpc) is 2.70. The summed E-state index contributed by atoms with van der Waals surface area (Å²) in [7, 11) is 0. The van der Waals surface area contributed by atoms with Gasteiger partial charge in [0.2, 0.25) is 5.91 Å². The molecule has 0 saturated carbocycles. The maximum atomic E-state index is 12.0. The van der Waals surface area contributed by atoms with Gasteiger partial charge < -0.3 is 11.1 Å². The molecule has 1 rings (SSSR count). The zero-order valence-corrected chi connectivity index (χ0v) is 12.4. The number of aromatic nitrogens is 2. The zero-order chi connectivity index (χ0) is 14.5. The molecule has 0 radical (unpaired) electrons. The lowest BCUT2D eigenvalue weighted by Gasteiger charge is -2.24. The summed E-state index contributed by atoms with van der Waals surface area (Å²) >= 11 is 0. The van der Waals surface area contributed by atoms with Crippen molar-refractivity contribution < 1.29 is 4.79 Å². The monoisotopic (exact) mass is 266 g/mol. The molecule has 0 spiro atoms. The fourth-order valence-corrected chi connectivity index (χ4v) is 2.05. The van der Waals surface area contributed by atoms with Crippen molar-refractivity contribution in [2.75, 3.05) is 13.1 Å². The van der Waals surface area contributed by atoms with E-state index in [4.69, 9.17) is 5.73 Å². The van der Waals surface area contributed by atoms with E-state index in [2.05, 4.69) is 31.2 Å². The molecule has 3 N–H and O–H groups in total. The molecule has 1 atom stereocenters. The third-order valence-corrected chi connectivity index (χ3v) is 2.92. The van der Waals surface area contributed by atoms with Crippen LogP contribution in [-0.4, -0.2) is 28.8 Å². The Bertz CT molecular complexity index is 406. The van der Waals surface area contributed by atoms with Gasteiger partial charge >= 0.3 is 0 Å². The lowest BCUT2D eigenvalue weighted by Crippen LogP contribution is -2.38. The molecule has 1 unspecified atom stereocenters. The highest BCUT2D eigenvalue weighted by molar-refractivity contribution is 5.78. The molecule has 0 bridgehead atoms. The molecule has 1 aromatic rings. The highest BCUT2D eigenvalue weighted by Gasteiger charge is 2.23. The number of carbonyl (C=O) groups is 1. The Labute approximate surface area is 115 Å². The van der Waals surface area contributed by atoms with Gasteiger partial charge in [0.05, 0.1) is 18.7 Å². The molecule has 1 aromatic heterocycles. The summed E-state index contributed by atoms with van der Waals surface area (Å²) in [6.07, 6.45) is 4.57. The van der Waals surface area contributed by atoms with Crippen LogP contribution in [0.15, 0.2) is 12.4 Å². The summed E-state index contributed by atoms with van der Waals surface area (Å²) in [5.41, 5.74) is 6.92. The van der Waals surface area contributed by atoms with Crippen molar-refractivity contribution in [3.8, 4) is 0 Å². The number of nitrogens with two attached hydrogens (primary N) is 1. The Morgan fingerprint density at radius 2 is 2.21 bits per heavy atom. The molecule has 5 nitrogen and oxygen atoms in total. The zero-order valence-electron chi connectivity index (χ0n) is 12.4. The van der Waals surface area contributed by atoms with Crippen LogP contribution < -0.4 is 11.1 Å². The van der Waals surface area contributed by atoms with Gasteiger partial charge in [0.15, 0.2) is 0 Å². The first-order chi connectivity index (χ1) is 8.81. The maximum Gasteiger partial charge on any atom is 0.224 e. The minimum absolute atomic E-state index is 0.0429. The molecule has 1 amide bonds. The van der Waals surface area contributed by atoms with Crippen molar-refractivity contribution >= 4 is 5.91 Å². The van der Waals surface area contributed by atoms with Gasteiger partial charge in [0.25, 0.3) is 0 Å². The van der Waals surface area contributed by atoms with Gasteiger partial charge in [0, 0.05) is 19.3 Å². The molecule has 19 heavy (non-hydrogen) atoms. The van der Waals surface area contributed by atoms with Crippen molar-refractivity contribution in [1.29, 1.82) is 0 Å². The van der Waals surface area contributed by atoms with E-state index < -0.39 is 0 Å². The van der Waals surface area contributed by atoms with E-state index in [1.165, 1.54) is 0 Å². The minimum Gasteiger partial charge on any atom is -0.354 e. The molecular weight excluding hydrogens is 240 g/mol. The Morgan fingerprint density at radius 1 is 1.53 bits per heavy atom. The summed E-state index contributed by atoms with van der Waals surface area (Å²) in [5, 5.41) is 7.11. The van der Waals surface area contributed by atoms with E-state index in [1.807, 2.05) is 24.0 Å². The maximum absolute atomic E-state index is 12.0. The second-order valence-corrected chi connectivity index (χ2v) is 6.27. The Hall–Kier alpha value is -1.36. The Morgan fingerprint density at radius 3 is 2.68 bits per heavy atom. The van der Waals surface area contributed by atoms with Crippen LogP contribution in [0.4, 0.5) is 0 Å². The summed E-state index contributed by atoms with van der Waals surface area (Å²) in [5.74, 6) is -0.0688. The molecule has 1 heterocycles. The van der Waals surface area contributed by atoms with Gasteiger partial charge in [-0.25, -0.2) is 0 Å². The summed E-state index contributed by atoms with van der Waals surface area (Å²) in [4.78, 5) is 12.0. The number of hydrogen-bond acceptors (Lipinski definition) is 3. The van der Waals surface area contributed by atoms with Crippen LogP contribution in [0, 0.1) is 18.3 Å². The summed E-state index contributed by atoms with van der Waals surface area (Å²) < 4.78 is 1.83. The lowest BCUT2D eigenvalue weighted by atomic mass is 9.84. The van der Waals surface area contributed by atoms with E-state index in [1.54, 1.807) is 0 Å². The van der Waals surface area contributed by atoms with Crippen LogP contribution in [0.2, 0.25) is 0 Å². The average molecular weight is 266 g/mol. The summed E-state index contributed by atoms with van der Waals surface area (Å²) in [6.45, 7) is 10.0.